The van der Waals surface area contributed by atoms with Gasteiger partial charge in [-0.1, -0.05) is 60.7 Å². The summed E-state index contributed by atoms with van der Waals surface area (Å²) in [5.74, 6) is 0.691. The summed E-state index contributed by atoms with van der Waals surface area (Å²) in [6, 6.07) is 16.7. The van der Waals surface area contributed by atoms with Gasteiger partial charge in [0, 0.05) is 7.05 Å². The molecular weight excluding hydrogens is 232 g/mol. The van der Waals surface area contributed by atoms with Crippen molar-refractivity contribution in [3.8, 4) is 0 Å². The smallest absolute Gasteiger partial charge is 0.105 e. The molecule has 0 heterocycles. The number of rotatable bonds is 1. The van der Waals surface area contributed by atoms with Gasteiger partial charge in [-0.25, -0.2) is 0 Å². The van der Waals surface area contributed by atoms with Crippen LogP contribution >= 0.6 is 0 Å². The van der Waals surface area contributed by atoms with Crippen molar-refractivity contribution >= 4 is 18.0 Å². The molecule has 1 aliphatic rings. The quantitative estimate of drug-likeness (QED) is 0.610. The van der Waals surface area contributed by atoms with Gasteiger partial charge in [0.05, 0.1) is 5.92 Å². The SMILES string of the molecule is CN=C(N)C1c2ccccc2C=Cc2ccccc21. The first-order valence-electron chi connectivity index (χ1n) is 6.39. The van der Waals surface area contributed by atoms with Gasteiger partial charge in [0.15, 0.2) is 0 Å². The summed E-state index contributed by atoms with van der Waals surface area (Å²) in [6.45, 7) is 0. The van der Waals surface area contributed by atoms with E-state index in [9.17, 15) is 0 Å². The Hall–Kier alpha value is -2.35. The highest BCUT2D eigenvalue weighted by Crippen LogP contribution is 2.34. The number of benzene rings is 2. The maximum Gasteiger partial charge on any atom is 0.105 e. The fourth-order valence-corrected chi connectivity index (χ4v) is 2.65. The van der Waals surface area contributed by atoms with Crippen molar-refractivity contribution in [1.82, 2.24) is 0 Å². The van der Waals surface area contributed by atoms with Gasteiger partial charge in [0.25, 0.3) is 0 Å². The summed E-state index contributed by atoms with van der Waals surface area (Å²) in [5.41, 5.74) is 11.0. The largest absolute Gasteiger partial charge is 0.387 e. The zero-order chi connectivity index (χ0) is 13.2. The Morgan fingerprint density at radius 1 is 0.895 bits per heavy atom. The molecule has 0 unspecified atom stereocenters. The first-order chi connectivity index (χ1) is 9.31. The number of fused-ring (bicyclic) bond motifs is 2. The third-order valence-corrected chi connectivity index (χ3v) is 3.61. The molecule has 0 fully saturated rings. The van der Waals surface area contributed by atoms with Crippen LogP contribution in [0.25, 0.3) is 12.2 Å². The van der Waals surface area contributed by atoms with E-state index in [2.05, 4.69) is 65.7 Å². The molecule has 2 aromatic carbocycles. The van der Waals surface area contributed by atoms with Gasteiger partial charge in [-0.05, 0) is 22.3 Å². The molecule has 94 valence electrons. The standard InChI is InChI=1S/C17H16N2/c1-19-17(18)16-14-8-4-2-6-12(14)10-11-13-7-3-5-9-15(13)16/h2-11,16H,1H3,(H2,18,19). The molecule has 0 saturated heterocycles. The number of aliphatic imine (C=N–C) groups is 1. The fourth-order valence-electron chi connectivity index (χ4n) is 2.65. The number of amidine groups is 1. The molecule has 2 nitrogen and oxygen atoms in total. The molecule has 0 saturated carbocycles. The van der Waals surface area contributed by atoms with Crippen LogP contribution in [0.15, 0.2) is 53.5 Å². The van der Waals surface area contributed by atoms with E-state index in [-0.39, 0.29) is 5.92 Å². The minimum atomic E-state index is 0.0346. The normalized spacial score (nSPS) is 14.7. The Morgan fingerprint density at radius 2 is 1.37 bits per heavy atom. The summed E-state index contributed by atoms with van der Waals surface area (Å²) in [6.07, 6.45) is 4.30. The van der Waals surface area contributed by atoms with E-state index in [0.717, 1.165) is 0 Å². The van der Waals surface area contributed by atoms with Crippen LogP contribution in [0.4, 0.5) is 0 Å². The molecule has 0 atom stereocenters. The molecule has 0 aliphatic heterocycles. The first-order valence-corrected chi connectivity index (χ1v) is 6.39. The molecule has 0 bridgehead atoms. The molecular formula is C17H16N2. The van der Waals surface area contributed by atoms with E-state index in [4.69, 9.17) is 5.73 Å². The van der Waals surface area contributed by atoms with Crippen LogP contribution < -0.4 is 5.73 Å². The highest BCUT2D eigenvalue weighted by molar-refractivity contribution is 5.94. The van der Waals surface area contributed by atoms with Crippen LogP contribution in [0.2, 0.25) is 0 Å². The summed E-state index contributed by atoms with van der Waals surface area (Å²) in [7, 11) is 1.75. The Balaban J connectivity index is 2.30. The fraction of sp³-hybridized carbons (Fsp3) is 0.118. The molecule has 3 rings (SSSR count). The average molecular weight is 248 g/mol. The van der Waals surface area contributed by atoms with E-state index in [1.807, 2.05) is 0 Å². The lowest BCUT2D eigenvalue weighted by Gasteiger charge is -2.19. The minimum absolute atomic E-state index is 0.0346. The van der Waals surface area contributed by atoms with E-state index < -0.39 is 0 Å². The Morgan fingerprint density at radius 3 is 1.84 bits per heavy atom. The highest BCUT2D eigenvalue weighted by atomic mass is 14.8. The topological polar surface area (TPSA) is 38.4 Å². The van der Waals surface area contributed by atoms with Crippen LogP contribution in [-0.2, 0) is 0 Å². The summed E-state index contributed by atoms with van der Waals surface area (Å²) < 4.78 is 0. The number of nitrogens with two attached hydrogens (primary N) is 1. The van der Waals surface area contributed by atoms with Gasteiger partial charge in [-0.3, -0.25) is 4.99 Å². The Bertz CT molecular complexity index is 619. The third-order valence-electron chi connectivity index (χ3n) is 3.61. The number of hydrogen-bond donors (Lipinski definition) is 1. The average Bonchev–Trinajstić information content (AvgIpc) is 2.63. The lowest BCUT2D eigenvalue weighted by atomic mass is 9.87. The van der Waals surface area contributed by atoms with E-state index in [1.165, 1.54) is 22.3 Å². The molecule has 19 heavy (non-hydrogen) atoms. The van der Waals surface area contributed by atoms with Gasteiger partial charge in [-0.2, -0.15) is 0 Å². The van der Waals surface area contributed by atoms with Gasteiger partial charge >= 0.3 is 0 Å². The molecule has 2 N–H and O–H groups in total. The molecule has 0 radical (unpaired) electrons. The second-order valence-corrected chi connectivity index (χ2v) is 4.67. The lowest BCUT2D eigenvalue weighted by molar-refractivity contribution is 1.05. The van der Waals surface area contributed by atoms with Gasteiger partial charge < -0.3 is 5.73 Å². The second-order valence-electron chi connectivity index (χ2n) is 4.67. The van der Waals surface area contributed by atoms with E-state index >= 15 is 0 Å². The zero-order valence-corrected chi connectivity index (χ0v) is 10.9. The van der Waals surface area contributed by atoms with Crippen molar-refractivity contribution in [1.29, 1.82) is 0 Å². The van der Waals surface area contributed by atoms with E-state index in [0.29, 0.717) is 5.84 Å². The molecule has 0 spiro atoms. The highest BCUT2D eigenvalue weighted by Gasteiger charge is 2.23. The maximum atomic E-state index is 6.17. The van der Waals surface area contributed by atoms with Crippen LogP contribution in [0.3, 0.4) is 0 Å². The van der Waals surface area contributed by atoms with Crippen molar-refractivity contribution in [2.75, 3.05) is 7.05 Å². The van der Waals surface area contributed by atoms with Crippen molar-refractivity contribution in [3.63, 3.8) is 0 Å². The molecule has 2 aromatic rings. The molecule has 0 amide bonds. The summed E-state index contributed by atoms with van der Waals surface area (Å²) in [4.78, 5) is 4.22. The predicted molar refractivity (Wildman–Crippen MR) is 81.2 cm³/mol. The zero-order valence-electron chi connectivity index (χ0n) is 10.9. The van der Waals surface area contributed by atoms with Crippen LogP contribution in [0, 0.1) is 0 Å². The predicted octanol–water partition coefficient (Wildman–Crippen LogP) is 3.29. The van der Waals surface area contributed by atoms with Crippen molar-refractivity contribution in [3.05, 3.63) is 70.8 Å². The van der Waals surface area contributed by atoms with Gasteiger partial charge in [0.1, 0.15) is 5.84 Å². The van der Waals surface area contributed by atoms with Crippen molar-refractivity contribution in [2.24, 2.45) is 10.7 Å². The molecule has 2 heteroatoms. The van der Waals surface area contributed by atoms with Gasteiger partial charge in [-0.15, -0.1) is 0 Å². The van der Waals surface area contributed by atoms with Crippen LogP contribution in [-0.4, -0.2) is 12.9 Å². The van der Waals surface area contributed by atoms with Crippen molar-refractivity contribution < 1.29 is 0 Å². The number of nitrogens with zero attached hydrogens (tertiary/aromatic N) is 1. The molecule has 1 aliphatic carbocycles. The van der Waals surface area contributed by atoms with Gasteiger partial charge in [0.2, 0.25) is 0 Å². The lowest BCUT2D eigenvalue weighted by Crippen LogP contribution is -2.23. The monoisotopic (exact) mass is 248 g/mol. The van der Waals surface area contributed by atoms with Crippen LogP contribution in [0.1, 0.15) is 28.2 Å². The Labute approximate surface area is 113 Å². The number of hydrogen-bond acceptors (Lipinski definition) is 1. The van der Waals surface area contributed by atoms with E-state index in [1.54, 1.807) is 7.05 Å². The molecule has 0 aromatic heterocycles. The van der Waals surface area contributed by atoms with Crippen molar-refractivity contribution in [2.45, 2.75) is 5.92 Å². The first kappa shape index (κ1) is 11.7. The Kier molecular flexibility index (Phi) is 2.92. The summed E-state index contributed by atoms with van der Waals surface area (Å²) in [5, 5.41) is 0. The maximum absolute atomic E-state index is 6.17. The van der Waals surface area contributed by atoms with Crippen LogP contribution in [0.5, 0.6) is 0 Å². The third kappa shape index (κ3) is 1.95. The summed E-state index contributed by atoms with van der Waals surface area (Å²) >= 11 is 0. The minimum Gasteiger partial charge on any atom is -0.387 e. The second kappa shape index (κ2) is 4.73.